The molecule has 0 spiro atoms. The van der Waals surface area contributed by atoms with Crippen molar-refractivity contribution in [2.75, 3.05) is 40.3 Å². The molecule has 1 heterocycles. The average molecular weight is 213 g/mol. The van der Waals surface area contributed by atoms with Crippen LogP contribution in [0.15, 0.2) is 0 Å². The molecule has 0 amide bonds. The molecule has 90 valence electrons. The Balaban J connectivity index is 2.28. The molecule has 2 unspecified atom stereocenters. The smallest absolute Gasteiger partial charge is 0.0235 e. The van der Waals surface area contributed by atoms with Crippen LogP contribution in [0.4, 0.5) is 0 Å². The Kier molecular flexibility index (Phi) is 5.58. The van der Waals surface area contributed by atoms with E-state index in [0.717, 1.165) is 12.6 Å². The van der Waals surface area contributed by atoms with Crippen LogP contribution < -0.4 is 5.32 Å². The minimum atomic E-state index is 0.642. The van der Waals surface area contributed by atoms with Crippen molar-refractivity contribution >= 4 is 0 Å². The Bertz CT molecular complexity index is 172. The van der Waals surface area contributed by atoms with Crippen LogP contribution in [-0.2, 0) is 0 Å². The van der Waals surface area contributed by atoms with Crippen LogP contribution in [-0.4, -0.2) is 62.2 Å². The van der Waals surface area contributed by atoms with Crippen molar-refractivity contribution in [3.63, 3.8) is 0 Å². The van der Waals surface area contributed by atoms with Crippen molar-refractivity contribution in [3.8, 4) is 0 Å². The first-order valence-electron chi connectivity index (χ1n) is 6.25. The van der Waals surface area contributed by atoms with Crippen molar-refractivity contribution in [1.29, 1.82) is 0 Å². The summed E-state index contributed by atoms with van der Waals surface area (Å²) in [5.41, 5.74) is 0. The van der Waals surface area contributed by atoms with Gasteiger partial charge >= 0.3 is 0 Å². The van der Waals surface area contributed by atoms with Gasteiger partial charge in [-0.25, -0.2) is 0 Å². The Morgan fingerprint density at radius 1 is 1.33 bits per heavy atom. The number of likely N-dealkylation sites (N-methyl/N-ethyl adjacent to an activating group) is 2. The predicted octanol–water partition coefficient (Wildman–Crippen LogP) is 1.01. The van der Waals surface area contributed by atoms with Gasteiger partial charge in [-0.1, -0.05) is 6.92 Å². The molecule has 0 aliphatic carbocycles. The minimum Gasteiger partial charge on any atom is -0.314 e. The largest absolute Gasteiger partial charge is 0.314 e. The molecule has 1 aliphatic heterocycles. The summed E-state index contributed by atoms with van der Waals surface area (Å²) in [7, 11) is 4.48. The van der Waals surface area contributed by atoms with Gasteiger partial charge in [-0.2, -0.15) is 0 Å². The van der Waals surface area contributed by atoms with E-state index in [-0.39, 0.29) is 0 Å². The van der Waals surface area contributed by atoms with E-state index in [1.165, 1.54) is 32.5 Å². The van der Waals surface area contributed by atoms with E-state index in [4.69, 9.17) is 0 Å². The summed E-state index contributed by atoms with van der Waals surface area (Å²) in [6.07, 6.45) is 2.49. The molecule has 1 saturated heterocycles. The third-order valence-electron chi connectivity index (χ3n) is 3.35. The Hall–Kier alpha value is -0.120. The monoisotopic (exact) mass is 213 g/mol. The highest BCUT2D eigenvalue weighted by Crippen LogP contribution is 2.11. The maximum absolute atomic E-state index is 3.57. The quantitative estimate of drug-likeness (QED) is 0.735. The standard InChI is InChI=1S/C12H27N3/c1-5-6-13-11(2)9-12-10-14(3)7-8-15(12)4/h11-13H,5-10H2,1-4H3. The first-order valence-corrected chi connectivity index (χ1v) is 6.25. The molecule has 1 aliphatic rings. The number of nitrogens with zero attached hydrogens (tertiary/aromatic N) is 2. The molecule has 1 fully saturated rings. The number of hydrogen-bond donors (Lipinski definition) is 1. The van der Waals surface area contributed by atoms with Crippen LogP contribution in [0.2, 0.25) is 0 Å². The number of nitrogens with one attached hydrogen (secondary N) is 1. The summed E-state index contributed by atoms with van der Waals surface area (Å²) >= 11 is 0. The van der Waals surface area contributed by atoms with Gasteiger partial charge in [-0.3, -0.25) is 0 Å². The molecule has 2 atom stereocenters. The summed E-state index contributed by atoms with van der Waals surface area (Å²) in [6, 6.07) is 1.37. The van der Waals surface area contributed by atoms with Crippen molar-refractivity contribution in [3.05, 3.63) is 0 Å². The molecular formula is C12H27N3. The van der Waals surface area contributed by atoms with E-state index in [9.17, 15) is 0 Å². The lowest BCUT2D eigenvalue weighted by molar-refractivity contribution is 0.102. The summed E-state index contributed by atoms with van der Waals surface area (Å²) in [5, 5.41) is 3.57. The molecule has 0 bridgehead atoms. The van der Waals surface area contributed by atoms with Crippen molar-refractivity contribution in [2.45, 2.75) is 38.8 Å². The van der Waals surface area contributed by atoms with Gasteiger partial charge in [-0.15, -0.1) is 0 Å². The van der Waals surface area contributed by atoms with Gasteiger partial charge in [-0.05, 0) is 40.4 Å². The van der Waals surface area contributed by atoms with Crippen molar-refractivity contribution in [1.82, 2.24) is 15.1 Å². The van der Waals surface area contributed by atoms with Gasteiger partial charge in [0.25, 0.3) is 0 Å². The second-order valence-electron chi connectivity index (χ2n) is 4.99. The van der Waals surface area contributed by atoms with Crippen molar-refractivity contribution < 1.29 is 0 Å². The minimum absolute atomic E-state index is 0.642. The highest BCUT2D eigenvalue weighted by molar-refractivity contribution is 4.81. The molecule has 1 N–H and O–H groups in total. The lowest BCUT2D eigenvalue weighted by Crippen LogP contribution is -2.51. The lowest BCUT2D eigenvalue weighted by Gasteiger charge is -2.39. The van der Waals surface area contributed by atoms with Gasteiger partial charge in [0.2, 0.25) is 0 Å². The third kappa shape index (κ3) is 4.49. The van der Waals surface area contributed by atoms with Gasteiger partial charge < -0.3 is 15.1 Å². The van der Waals surface area contributed by atoms with Gasteiger partial charge in [0.15, 0.2) is 0 Å². The van der Waals surface area contributed by atoms with Gasteiger partial charge in [0.05, 0.1) is 0 Å². The fraction of sp³-hybridized carbons (Fsp3) is 1.00. The predicted molar refractivity (Wildman–Crippen MR) is 66.3 cm³/mol. The molecule has 0 aromatic heterocycles. The molecule has 3 heteroatoms. The Morgan fingerprint density at radius 3 is 2.73 bits per heavy atom. The van der Waals surface area contributed by atoms with Crippen LogP contribution >= 0.6 is 0 Å². The second-order valence-corrected chi connectivity index (χ2v) is 4.99. The maximum Gasteiger partial charge on any atom is 0.0235 e. The number of rotatable bonds is 5. The summed E-state index contributed by atoms with van der Waals surface area (Å²) in [6.45, 7) is 9.31. The van der Waals surface area contributed by atoms with E-state index in [1.807, 2.05) is 0 Å². The van der Waals surface area contributed by atoms with Crippen LogP contribution in [0, 0.1) is 0 Å². The van der Waals surface area contributed by atoms with Gasteiger partial charge in [0.1, 0.15) is 0 Å². The molecule has 0 saturated carbocycles. The Morgan fingerprint density at radius 2 is 2.07 bits per heavy atom. The average Bonchev–Trinajstić information content (AvgIpc) is 2.20. The zero-order valence-corrected chi connectivity index (χ0v) is 10.8. The van der Waals surface area contributed by atoms with Crippen LogP contribution in [0.3, 0.4) is 0 Å². The molecule has 0 aromatic carbocycles. The number of piperazine rings is 1. The molecule has 1 rings (SSSR count). The molecule has 15 heavy (non-hydrogen) atoms. The van der Waals surface area contributed by atoms with E-state index >= 15 is 0 Å². The zero-order chi connectivity index (χ0) is 11.3. The summed E-state index contributed by atoms with van der Waals surface area (Å²) in [4.78, 5) is 4.95. The lowest BCUT2D eigenvalue weighted by atomic mass is 10.0. The van der Waals surface area contributed by atoms with E-state index in [1.54, 1.807) is 0 Å². The Labute approximate surface area is 94.8 Å². The van der Waals surface area contributed by atoms with Crippen LogP contribution in [0.1, 0.15) is 26.7 Å². The topological polar surface area (TPSA) is 18.5 Å². The summed E-state index contributed by atoms with van der Waals surface area (Å²) < 4.78 is 0. The highest BCUT2D eigenvalue weighted by Gasteiger charge is 2.23. The molecule has 3 nitrogen and oxygen atoms in total. The van der Waals surface area contributed by atoms with Crippen molar-refractivity contribution in [2.24, 2.45) is 0 Å². The fourth-order valence-corrected chi connectivity index (χ4v) is 2.24. The highest BCUT2D eigenvalue weighted by atomic mass is 15.3. The van der Waals surface area contributed by atoms with Crippen LogP contribution in [0.25, 0.3) is 0 Å². The maximum atomic E-state index is 3.57. The van der Waals surface area contributed by atoms with E-state index in [2.05, 4.69) is 43.1 Å². The SMILES string of the molecule is CCCNC(C)CC1CN(C)CCN1C. The molecule has 0 radical (unpaired) electrons. The normalized spacial score (nSPS) is 26.8. The first-order chi connectivity index (χ1) is 7.13. The number of hydrogen-bond acceptors (Lipinski definition) is 3. The molecular weight excluding hydrogens is 186 g/mol. The first kappa shape index (κ1) is 12.9. The fourth-order valence-electron chi connectivity index (χ4n) is 2.24. The third-order valence-corrected chi connectivity index (χ3v) is 3.35. The molecule has 0 aromatic rings. The van der Waals surface area contributed by atoms with E-state index < -0.39 is 0 Å². The summed E-state index contributed by atoms with van der Waals surface area (Å²) in [5.74, 6) is 0. The van der Waals surface area contributed by atoms with Crippen LogP contribution in [0.5, 0.6) is 0 Å². The second kappa shape index (κ2) is 6.46. The van der Waals surface area contributed by atoms with Gasteiger partial charge in [0, 0.05) is 31.7 Å². The van der Waals surface area contributed by atoms with E-state index in [0.29, 0.717) is 6.04 Å². The zero-order valence-electron chi connectivity index (χ0n) is 10.8.